The molecule has 0 radical (unpaired) electrons. The van der Waals surface area contributed by atoms with E-state index in [0.29, 0.717) is 38.4 Å². The van der Waals surface area contributed by atoms with Crippen molar-refractivity contribution in [1.29, 1.82) is 0 Å². The van der Waals surface area contributed by atoms with E-state index in [0.717, 1.165) is 12.8 Å². The molecule has 1 amide bonds. The number of nitrogens with one attached hydrogen (secondary N) is 1. The van der Waals surface area contributed by atoms with Crippen LogP contribution in [0.1, 0.15) is 36.7 Å². The third-order valence-corrected chi connectivity index (χ3v) is 7.34. The first-order chi connectivity index (χ1) is 11.5. The maximum atomic E-state index is 12.1. The summed E-state index contributed by atoms with van der Waals surface area (Å²) in [5.41, 5.74) is 1.72. The van der Waals surface area contributed by atoms with E-state index in [1.807, 2.05) is 6.92 Å². The molecule has 0 aromatic carbocycles. The lowest BCUT2D eigenvalue weighted by atomic mass is 9.80. The number of nitrogens with zero attached hydrogens (tertiary/aromatic N) is 2. The average Bonchev–Trinajstić information content (AvgIpc) is 3.15. The number of carbonyl (C=O) groups excluding carboxylic acids is 1. The highest BCUT2D eigenvalue weighted by molar-refractivity contribution is 7.89. The molecule has 0 saturated carbocycles. The number of aromatic nitrogens is 1. The van der Waals surface area contributed by atoms with Gasteiger partial charge in [0.15, 0.2) is 0 Å². The SMILES string of the molecule is CCCS(=O)(=O)N1CC2(C1)OCCC2CCNC(=O)c1cscn1. The Balaban J connectivity index is 1.49. The third-order valence-electron chi connectivity index (χ3n) is 4.79. The first-order valence-electron chi connectivity index (χ1n) is 8.25. The van der Waals surface area contributed by atoms with E-state index >= 15 is 0 Å². The van der Waals surface area contributed by atoms with Gasteiger partial charge in [0.1, 0.15) is 5.69 Å². The monoisotopic (exact) mass is 373 g/mol. The number of sulfonamides is 1. The van der Waals surface area contributed by atoms with Crippen molar-refractivity contribution in [2.24, 2.45) is 5.92 Å². The van der Waals surface area contributed by atoms with Crippen molar-refractivity contribution < 1.29 is 17.9 Å². The molecule has 1 spiro atoms. The number of ether oxygens (including phenoxy) is 1. The topological polar surface area (TPSA) is 88.6 Å². The van der Waals surface area contributed by atoms with Crippen molar-refractivity contribution in [3.63, 3.8) is 0 Å². The maximum Gasteiger partial charge on any atom is 0.270 e. The highest BCUT2D eigenvalue weighted by Crippen LogP contribution is 2.42. The quantitative estimate of drug-likeness (QED) is 0.773. The van der Waals surface area contributed by atoms with Crippen LogP contribution in [-0.4, -0.2) is 61.2 Å². The maximum absolute atomic E-state index is 12.1. The Labute approximate surface area is 146 Å². The Morgan fingerprint density at radius 3 is 3.00 bits per heavy atom. The van der Waals surface area contributed by atoms with E-state index < -0.39 is 10.0 Å². The molecule has 1 atom stereocenters. The van der Waals surface area contributed by atoms with E-state index in [2.05, 4.69) is 10.3 Å². The van der Waals surface area contributed by atoms with E-state index in [9.17, 15) is 13.2 Å². The number of carbonyl (C=O) groups is 1. The van der Waals surface area contributed by atoms with Gasteiger partial charge in [-0.3, -0.25) is 4.79 Å². The number of hydrogen-bond donors (Lipinski definition) is 1. The van der Waals surface area contributed by atoms with Crippen LogP contribution in [0.4, 0.5) is 0 Å². The predicted octanol–water partition coefficient (Wildman–Crippen LogP) is 1.09. The summed E-state index contributed by atoms with van der Waals surface area (Å²) in [6, 6.07) is 0. The van der Waals surface area contributed by atoms with Crippen LogP contribution in [0.3, 0.4) is 0 Å². The average molecular weight is 374 g/mol. The Morgan fingerprint density at radius 1 is 1.54 bits per heavy atom. The van der Waals surface area contributed by atoms with Crippen molar-refractivity contribution in [3.8, 4) is 0 Å². The second-order valence-corrected chi connectivity index (χ2v) is 9.21. The Bertz CT molecular complexity index is 669. The van der Waals surface area contributed by atoms with Gasteiger partial charge in [0.2, 0.25) is 10.0 Å². The molecule has 2 aliphatic rings. The summed E-state index contributed by atoms with van der Waals surface area (Å²) in [5, 5.41) is 4.60. The van der Waals surface area contributed by atoms with Gasteiger partial charge in [-0.2, -0.15) is 4.31 Å². The van der Waals surface area contributed by atoms with Crippen LogP contribution in [0.5, 0.6) is 0 Å². The zero-order valence-electron chi connectivity index (χ0n) is 13.7. The summed E-state index contributed by atoms with van der Waals surface area (Å²) in [6.45, 7) is 3.97. The van der Waals surface area contributed by atoms with E-state index in [4.69, 9.17) is 4.74 Å². The summed E-state index contributed by atoms with van der Waals surface area (Å²) >= 11 is 1.39. The van der Waals surface area contributed by atoms with Crippen LogP contribution in [0, 0.1) is 5.92 Å². The summed E-state index contributed by atoms with van der Waals surface area (Å²) in [5.74, 6) is 0.309. The molecule has 9 heteroatoms. The molecule has 1 N–H and O–H groups in total. The van der Waals surface area contributed by atoms with Crippen molar-refractivity contribution in [2.45, 2.75) is 31.8 Å². The molecule has 24 heavy (non-hydrogen) atoms. The van der Waals surface area contributed by atoms with Crippen molar-refractivity contribution in [1.82, 2.24) is 14.6 Å². The molecule has 2 aliphatic heterocycles. The largest absolute Gasteiger partial charge is 0.372 e. The molecule has 2 fully saturated rings. The molecule has 3 rings (SSSR count). The smallest absolute Gasteiger partial charge is 0.270 e. The highest BCUT2D eigenvalue weighted by Gasteiger charge is 2.55. The first kappa shape index (κ1) is 17.8. The molecule has 1 aromatic rings. The first-order valence-corrected chi connectivity index (χ1v) is 10.8. The zero-order valence-corrected chi connectivity index (χ0v) is 15.4. The number of hydrogen-bond acceptors (Lipinski definition) is 6. The van der Waals surface area contributed by atoms with Gasteiger partial charge in [-0.1, -0.05) is 6.92 Å². The number of rotatable bonds is 7. The van der Waals surface area contributed by atoms with Gasteiger partial charge in [-0.25, -0.2) is 13.4 Å². The Kier molecular flexibility index (Phi) is 5.24. The second-order valence-electron chi connectivity index (χ2n) is 6.40. The van der Waals surface area contributed by atoms with Crippen LogP contribution < -0.4 is 5.32 Å². The fraction of sp³-hybridized carbons (Fsp3) is 0.733. The minimum absolute atomic E-state index is 0.162. The minimum atomic E-state index is -3.15. The van der Waals surface area contributed by atoms with E-state index in [-0.39, 0.29) is 23.2 Å². The van der Waals surface area contributed by atoms with E-state index in [1.54, 1.807) is 10.9 Å². The lowest BCUT2D eigenvalue weighted by Gasteiger charge is -2.49. The standard InChI is InChI=1S/C15H23N3O4S2/c1-2-7-24(20,21)18-9-15(10-18)12(4-6-22-15)3-5-16-14(19)13-8-23-11-17-13/h8,11-12H,2-7,9-10H2,1H3,(H,16,19). The zero-order chi connectivity index (χ0) is 17.2. The van der Waals surface area contributed by atoms with Crippen LogP contribution in [0.15, 0.2) is 10.9 Å². The fourth-order valence-electron chi connectivity index (χ4n) is 3.45. The molecular formula is C15H23N3O4S2. The van der Waals surface area contributed by atoms with Crippen molar-refractivity contribution >= 4 is 27.3 Å². The second kappa shape index (κ2) is 7.07. The molecule has 1 aromatic heterocycles. The summed E-state index contributed by atoms with van der Waals surface area (Å²) in [7, 11) is -3.15. The molecule has 134 valence electrons. The van der Waals surface area contributed by atoms with Gasteiger partial charge in [0.25, 0.3) is 5.91 Å². The van der Waals surface area contributed by atoms with Crippen molar-refractivity contribution in [2.75, 3.05) is 32.0 Å². The predicted molar refractivity (Wildman–Crippen MR) is 91.5 cm³/mol. The number of thiazole rings is 1. The van der Waals surface area contributed by atoms with Crippen LogP contribution >= 0.6 is 11.3 Å². The fourth-order valence-corrected chi connectivity index (χ4v) is 5.59. The Morgan fingerprint density at radius 2 is 2.33 bits per heavy atom. The van der Waals surface area contributed by atoms with Gasteiger partial charge >= 0.3 is 0 Å². The third kappa shape index (κ3) is 3.49. The van der Waals surface area contributed by atoms with Gasteiger partial charge in [0.05, 0.1) is 16.9 Å². The summed E-state index contributed by atoms with van der Waals surface area (Å²) in [6.07, 6.45) is 2.32. The highest BCUT2D eigenvalue weighted by atomic mass is 32.2. The molecule has 3 heterocycles. The molecule has 1 unspecified atom stereocenters. The lowest BCUT2D eigenvalue weighted by Crippen LogP contribution is -2.66. The van der Waals surface area contributed by atoms with Crippen LogP contribution in [-0.2, 0) is 14.8 Å². The Hall–Kier alpha value is -1.03. The van der Waals surface area contributed by atoms with Gasteiger partial charge < -0.3 is 10.1 Å². The van der Waals surface area contributed by atoms with Gasteiger partial charge in [-0.05, 0) is 25.2 Å². The molecule has 2 saturated heterocycles. The van der Waals surface area contributed by atoms with Crippen LogP contribution in [0.2, 0.25) is 0 Å². The summed E-state index contributed by atoms with van der Waals surface area (Å²) < 4.78 is 31.6. The number of amides is 1. The van der Waals surface area contributed by atoms with Crippen molar-refractivity contribution in [3.05, 3.63) is 16.6 Å². The van der Waals surface area contributed by atoms with E-state index in [1.165, 1.54) is 15.6 Å². The normalized spacial score (nSPS) is 23.3. The molecule has 0 aliphatic carbocycles. The lowest BCUT2D eigenvalue weighted by molar-refractivity contribution is -0.102. The molecule has 7 nitrogen and oxygen atoms in total. The van der Waals surface area contributed by atoms with Gasteiger partial charge in [0, 0.05) is 31.6 Å². The van der Waals surface area contributed by atoms with Crippen LogP contribution in [0.25, 0.3) is 0 Å². The summed E-state index contributed by atoms with van der Waals surface area (Å²) in [4.78, 5) is 15.9. The minimum Gasteiger partial charge on any atom is -0.372 e. The van der Waals surface area contributed by atoms with Gasteiger partial charge in [-0.15, -0.1) is 11.3 Å². The molecule has 0 bridgehead atoms. The molecular weight excluding hydrogens is 350 g/mol.